The molecule has 0 aliphatic heterocycles. The van der Waals surface area contributed by atoms with E-state index in [4.69, 9.17) is 28.2 Å². The summed E-state index contributed by atoms with van der Waals surface area (Å²) in [7, 11) is -3.55. The molecule has 2 aromatic carbocycles. The third-order valence-electron chi connectivity index (χ3n) is 4.92. The topological polar surface area (TPSA) is 64.0 Å². The second-order valence-electron chi connectivity index (χ2n) is 7.33. The Morgan fingerprint density at radius 2 is 1.84 bits per heavy atom. The summed E-state index contributed by atoms with van der Waals surface area (Å²) in [5.41, 5.74) is 2.60. The van der Waals surface area contributed by atoms with E-state index in [0.29, 0.717) is 27.9 Å². The Hall–Kier alpha value is -1.25. The first-order valence-electron chi connectivity index (χ1n) is 10.4. The van der Waals surface area contributed by atoms with Crippen LogP contribution in [0.15, 0.2) is 46.5 Å². The van der Waals surface area contributed by atoms with Gasteiger partial charge >= 0.3 is 0 Å². The van der Waals surface area contributed by atoms with Crippen LogP contribution in [-0.2, 0) is 22.3 Å². The minimum Gasteiger partial charge on any atom is -0.319 e. The Bertz CT molecular complexity index is 1150. The molecule has 0 bridgehead atoms. The van der Waals surface area contributed by atoms with Crippen molar-refractivity contribution in [2.24, 2.45) is 0 Å². The number of unbranched alkanes of at least 4 members (excludes halogenated alkanes) is 2. The van der Waals surface area contributed by atoms with Gasteiger partial charge in [0, 0.05) is 28.9 Å². The van der Waals surface area contributed by atoms with Crippen LogP contribution in [0.5, 0.6) is 0 Å². The standard InChI is InChI=1S/C22H27Cl2N3O2S2/c1-3-5-11-25-31(28,29)18-9-10-21-20(14-18)26-22(27(21)12-6-4-2)30-15-16-7-8-17(23)13-19(16)24/h7-10,13-14,25H,3-6,11-12,15H2,1-2H3. The zero-order valence-corrected chi connectivity index (χ0v) is 20.8. The number of aromatic nitrogens is 2. The number of nitrogens with zero attached hydrogens (tertiary/aromatic N) is 2. The maximum atomic E-state index is 12.6. The lowest BCUT2D eigenvalue weighted by molar-refractivity contribution is 0.578. The number of imidazole rings is 1. The molecule has 1 aromatic heterocycles. The fourth-order valence-electron chi connectivity index (χ4n) is 3.14. The van der Waals surface area contributed by atoms with E-state index in [0.717, 1.165) is 48.5 Å². The lowest BCUT2D eigenvalue weighted by Gasteiger charge is -2.09. The molecule has 0 atom stereocenters. The highest BCUT2D eigenvalue weighted by atomic mass is 35.5. The van der Waals surface area contributed by atoms with Crippen molar-refractivity contribution in [3.8, 4) is 0 Å². The molecule has 0 radical (unpaired) electrons. The summed E-state index contributed by atoms with van der Waals surface area (Å²) >= 11 is 13.9. The van der Waals surface area contributed by atoms with Gasteiger partial charge in [-0.1, -0.05) is 67.7 Å². The molecule has 0 aliphatic carbocycles. The third kappa shape index (κ3) is 6.17. The number of nitrogens with one attached hydrogen (secondary N) is 1. The molecule has 0 unspecified atom stereocenters. The molecule has 0 aliphatic rings. The number of fused-ring (bicyclic) bond motifs is 1. The minimum atomic E-state index is -3.55. The Morgan fingerprint density at radius 1 is 1.06 bits per heavy atom. The monoisotopic (exact) mass is 499 g/mol. The van der Waals surface area contributed by atoms with Gasteiger partial charge in [-0.15, -0.1) is 0 Å². The quantitative estimate of drug-likeness (QED) is 0.241. The molecule has 3 aromatic rings. The van der Waals surface area contributed by atoms with Gasteiger partial charge in [-0.2, -0.15) is 0 Å². The summed E-state index contributed by atoms with van der Waals surface area (Å²) in [4.78, 5) is 5.01. The van der Waals surface area contributed by atoms with Crippen molar-refractivity contribution in [3.05, 3.63) is 52.0 Å². The number of sulfonamides is 1. The maximum Gasteiger partial charge on any atom is 0.240 e. The summed E-state index contributed by atoms with van der Waals surface area (Å²) in [5.74, 6) is 0.648. The minimum absolute atomic E-state index is 0.244. The number of thioether (sulfide) groups is 1. The van der Waals surface area contributed by atoms with E-state index in [1.54, 1.807) is 30.0 Å². The van der Waals surface area contributed by atoms with Gasteiger partial charge in [0.05, 0.1) is 15.9 Å². The van der Waals surface area contributed by atoms with E-state index in [1.165, 1.54) is 0 Å². The van der Waals surface area contributed by atoms with E-state index in [2.05, 4.69) is 16.2 Å². The molecule has 0 saturated carbocycles. The number of rotatable bonds is 11. The predicted molar refractivity (Wildman–Crippen MR) is 131 cm³/mol. The summed E-state index contributed by atoms with van der Waals surface area (Å²) < 4.78 is 30.0. The van der Waals surface area contributed by atoms with Gasteiger partial charge in [-0.3, -0.25) is 0 Å². The molecule has 0 spiro atoms. The van der Waals surface area contributed by atoms with Gasteiger partial charge in [-0.05, 0) is 48.7 Å². The zero-order valence-electron chi connectivity index (χ0n) is 17.7. The van der Waals surface area contributed by atoms with Crippen molar-refractivity contribution in [2.75, 3.05) is 6.54 Å². The average molecular weight is 501 g/mol. The fraction of sp³-hybridized carbons (Fsp3) is 0.409. The Morgan fingerprint density at radius 3 is 2.55 bits per heavy atom. The van der Waals surface area contributed by atoms with Crippen molar-refractivity contribution < 1.29 is 8.42 Å². The first-order chi connectivity index (χ1) is 14.9. The second-order valence-corrected chi connectivity index (χ2v) is 10.9. The van der Waals surface area contributed by atoms with Gasteiger partial charge in [-0.25, -0.2) is 18.1 Å². The molecule has 1 N–H and O–H groups in total. The Labute approximate surface area is 198 Å². The maximum absolute atomic E-state index is 12.6. The largest absolute Gasteiger partial charge is 0.319 e. The van der Waals surface area contributed by atoms with Gasteiger partial charge in [0.1, 0.15) is 0 Å². The number of hydrogen-bond acceptors (Lipinski definition) is 4. The lowest BCUT2D eigenvalue weighted by Crippen LogP contribution is -2.24. The van der Waals surface area contributed by atoms with E-state index in [-0.39, 0.29) is 4.90 Å². The van der Waals surface area contributed by atoms with Crippen LogP contribution < -0.4 is 4.72 Å². The molecule has 0 amide bonds. The van der Waals surface area contributed by atoms with Gasteiger partial charge in [0.25, 0.3) is 0 Å². The predicted octanol–water partition coefficient (Wildman–Crippen LogP) is 6.51. The summed E-state index contributed by atoms with van der Waals surface area (Å²) in [6, 6.07) is 10.7. The molecule has 5 nitrogen and oxygen atoms in total. The second kappa shape index (κ2) is 11.1. The van der Waals surface area contributed by atoms with Crippen LogP contribution >= 0.6 is 35.0 Å². The van der Waals surface area contributed by atoms with Crippen molar-refractivity contribution >= 4 is 56.0 Å². The first kappa shape index (κ1) is 24.4. The molecule has 0 saturated heterocycles. The van der Waals surface area contributed by atoms with Crippen LogP contribution in [0.1, 0.15) is 45.1 Å². The van der Waals surface area contributed by atoms with Crippen molar-refractivity contribution in [1.29, 1.82) is 0 Å². The Balaban J connectivity index is 1.90. The smallest absolute Gasteiger partial charge is 0.240 e. The number of hydrogen-bond donors (Lipinski definition) is 1. The highest BCUT2D eigenvalue weighted by molar-refractivity contribution is 7.98. The van der Waals surface area contributed by atoms with Crippen LogP contribution in [0.4, 0.5) is 0 Å². The van der Waals surface area contributed by atoms with E-state index in [9.17, 15) is 8.42 Å². The zero-order chi connectivity index (χ0) is 22.4. The fourth-order valence-corrected chi connectivity index (χ4v) is 5.84. The van der Waals surface area contributed by atoms with Crippen molar-refractivity contribution in [2.45, 2.75) is 61.9 Å². The molecule has 0 fully saturated rings. The molecular formula is C22H27Cl2N3O2S2. The lowest BCUT2D eigenvalue weighted by atomic mass is 10.2. The van der Waals surface area contributed by atoms with Crippen LogP contribution in [0.25, 0.3) is 11.0 Å². The summed E-state index contributed by atoms with van der Waals surface area (Å²) in [6.07, 6.45) is 3.81. The van der Waals surface area contributed by atoms with Crippen molar-refractivity contribution in [3.63, 3.8) is 0 Å². The number of aryl methyl sites for hydroxylation is 1. The van der Waals surface area contributed by atoms with Gasteiger partial charge in [0.15, 0.2) is 5.16 Å². The normalized spacial score (nSPS) is 12.0. The first-order valence-corrected chi connectivity index (χ1v) is 13.6. The summed E-state index contributed by atoms with van der Waals surface area (Å²) in [6.45, 7) is 5.43. The molecule has 1 heterocycles. The molecule has 3 rings (SSSR count). The van der Waals surface area contributed by atoms with E-state index >= 15 is 0 Å². The molecule has 9 heteroatoms. The highest BCUT2D eigenvalue weighted by Gasteiger charge is 2.18. The SMILES string of the molecule is CCCCNS(=O)(=O)c1ccc2c(c1)nc(SCc1ccc(Cl)cc1Cl)n2CCCC. The highest BCUT2D eigenvalue weighted by Crippen LogP contribution is 2.31. The van der Waals surface area contributed by atoms with Crippen LogP contribution in [0.2, 0.25) is 10.0 Å². The number of benzene rings is 2. The van der Waals surface area contributed by atoms with Gasteiger partial charge in [0.2, 0.25) is 10.0 Å². The van der Waals surface area contributed by atoms with Gasteiger partial charge < -0.3 is 4.57 Å². The molecule has 31 heavy (non-hydrogen) atoms. The third-order valence-corrected chi connectivity index (χ3v) is 8.00. The Kier molecular flexibility index (Phi) is 8.70. The molecular weight excluding hydrogens is 473 g/mol. The average Bonchev–Trinajstić information content (AvgIpc) is 3.08. The van der Waals surface area contributed by atoms with E-state index < -0.39 is 10.0 Å². The number of halogens is 2. The van der Waals surface area contributed by atoms with Crippen LogP contribution in [0, 0.1) is 0 Å². The summed E-state index contributed by atoms with van der Waals surface area (Å²) in [5, 5.41) is 2.08. The van der Waals surface area contributed by atoms with Crippen LogP contribution in [-0.4, -0.2) is 24.5 Å². The van der Waals surface area contributed by atoms with E-state index in [1.807, 2.05) is 25.1 Å². The molecule has 168 valence electrons. The van der Waals surface area contributed by atoms with Crippen molar-refractivity contribution in [1.82, 2.24) is 14.3 Å². The van der Waals surface area contributed by atoms with Crippen LogP contribution in [0.3, 0.4) is 0 Å².